The molecule has 0 aliphatic carbocycles. The zero-order valence-corrected chi connectivity index (χ0v) is 14.8. The number of nitrogens with zero attached hydrogens (tertiary/aromatic N) is 1. The zero-order chi connectivity index (χ0) is 16.8. The van der Waals surface area contributed by atoms with Crippen molar-refractivity contribution in [2.75, 3.05) is 13.1 Å². The molecular weight excluding hydrogens is 308 g/mol. The first-order valence-corrected chi connectivity index (χ1v) is 8.98. The van der Waals surface area contributed by atoms with Crippen LogP contribution in [0.15, 0.2) is 24.3 Å². The largest absolute Gasteiger partial charge is 0.544 e. The number of rotatable bonds is 8. The summed E-state index contributed by atoms with van der Waals surface area (Å²) in [6.45, 7) is 9.50. The minimum atomic E-state index is -1.15. The van der Waals surface area contributed by atoms with E-state index in [4.69, 9.17) is 0 Å². The summed E-state index contributed by atoms with van der Waals surface area (Å²) in [6.07, 6.45) is 2.48. The standard InChI is InChI=1S/C18H24N2O2S/c1-4-6-11-20(5-2)12-14-7-9-15(10-8-14)17-19-13(3)16(23-17)18(21)22/h7-10H,4-6,11-12H2,1-3H3,(H,21,22). The summed E-state index contributed by atoms with van der Waals surface area (Å²) in [4.78, 5) is 17.2. The Kier molecular flexibility index (Phi) is 6.30. The van der Waals surface area contributed by atoms with E-state index < -0.39 is 5.97 Å². The molecule has 23 heavy (non-hydrogen) atoms. The van der Waals surface area contributed by atoms with Gasteiger partial charge in [0.2, 0.25) is 0 Å². The molecule has 2 rings (SSSR count). The summed E-state index contributed by atoms with van der Waals surface area (Å²) in [5.74, 6) is -1.15. The Bertz CT molecular complexity index is 650. The highest BCUT2D eigenvalue weighted by atomic mass is 32.1. The van der Waals surface area contributed by atoms with Crippen LogP contribution in [0.5, 0.6) is 0 Å². The number of benzene rings is 1. The number of thiazole rings is 1. The molecule has 0 aliphatic heterocycles. The van der Waals surface area contributed by atoms with Gasteiger partial charge in [-0.15, -0.1) is 11.3 Å². The van der Waals surface area contributed by atoms with Crippen LogP contribution in [-0.2, 0) is 6.54 Å². The normalized spacial score (nSPS) is 12.3. The maximum Gasteiger partial charge on any atom is 0.124 e. The van der Waals surface area contributed by atoms with Crippen molar-refractivity contribution in [3.63, 3.8) is 0 Å². The number of carboxylic acid groups (broad SMARTS) is 1. The molecule has 1 aromatic heterocycles. The lowest BCUT2D eigenvalue weighted by molar-refractivity contribution is -0.912. The Morgan fingerprint density at radius 3 is 2.48 bits per heavy atom. The van der Waals surface area contributed by atoms with Crippen LogP contribution in [0.1, 0.15) is 47.6 Å². The lowest BCUT2D eigenvalue weighted by Crippen LogP contribution is -3.10. The van der Waals surface area contributed by atoms with Crippen LogP contribution in [0, 0.1) is 6.92 Å². The van der Waals surface area contributed by atoms with E-state index in [9.17, 15) is 9.90 Å². The third-order valence-electron chi connectivity index (χ3n) is 4.02. The van der Waals surface area contributed by atoms with Gasteiger partial charge in [-0.3, -0.25) is 0 Å². The topological polar surface area (TPSA) is 57.5 Å². The number of aryl methyl sites for hydroxylation is 1. The third-order valence-corrected chi connectivity index (χ3v) is 5.21. The fourth-order valence-corrected chi connectivity index (χ4v) is 3.49. The van der Waals surface area contributed by atoms with Crippen molar-refractivity contribution in [3.8, 4) is 10.6 Å². The van der Waals surface area contributed by atoms with Gasteiger partial charge in [0.05, 0.1) is 29.6 Å². The number of quaternary nitrogens is 1. The number of unbranched alkanes of at least 4 members (excludes halogenated alkanes) is 1. The maximum atomic E-state index is 11.0. The Labute approximate surface area is 141 Å². The molecule has 0 fully saturated rings. The number of hydrogen-bond donors (Lipinski definition) is 1. The van der Waals surface area contributed by atoms with Crippen LogP contribution in [-0.4, -0.2) is 24.0 Å². The summed E-state index contributed by atoms with van der Waals surface area (Å²) in [5, 5.41) is 11.8. The van der Waals surface area contributed by atoms with Gasteiger partial charge in [0.25, 0.3) is 0 Å². The lowest BCUT2D eigenvalue weighted by Gasteiger charge is -2.17. The van der Waals surface area contributed by atoms with E-state index in [-0.39, 0.29) is 4.88 Å². The Morgan fingerprint density at radius 2 is 1.96 bits per heavy atom. The van der Waals surface area contributed by atoms with Gasteiger partial charge < -0.3 is 14.8 Å². The number of aromatic nitrogens is 1. The van der Waals surface area contributed by atoms with Gasteiger partial charge in [-0.25, -0.2) is 4.98 Å². The summed E-state index contributed by atoms with van der Waals surface area (Å²) >= 11 is 1.18. The highest BCUT2D eigenvalue weighted by Gasteiger charge is 2.11. The summed E-state index contributed by atoms with van der Waals surface area (Å²) < 4.78 is 0. The highest BCUT2D eigenvalue weighted by Crippen LogP contribution is 2.27. The number of nitrogens with one attached hydrogen (secondary N) is 1. The maximum absolute atomic E-state index is 11.0. The minimum Gasteiger partial charge on any atom is -0.544 e. The Morgan fingerprint density at radius 1 is 1.26 bits per heavy atom. The van der Waals surface area contributed by atoms with Crippen LogP contribution in [0.3, 0.4) is 0 Å². The van der Waals surface area contributed by atoms with E-state index in [1.54, 1.807) is 11.8 Å². The van der Waals surface area contributed by atoms with E-state index in [1.165, 1.54) is 36.3 Å². The van der Waals surface area contributed by atoms with Crippen LogP contribution in [0.25, 0.3) is 10.6 Å². The summed E-state index contributed by atoms with van der Waals surface area (Å²) in [6, 6.07) is 8.29. The smallest absolute Gasteiger partial charge is 0.124 e. The van der Waals surface area contributed by atoms with Crippen molar-refractivity contribution in [2.24, 2.45) is 0 Å². The van der Waals surface area contributed by atoms with E-state index in [1.807, 2.05) is 12.1 Å². The third kappa shape index (κ3) is 4.62. The molecule has 5 heteroatoms. The number of carbonyl (C=O) groups is 1. The van der Waals surface area contributed by atoms with Crippen molar-refractivity contribution < 1.29 is 14.8 Å². The summed E-state index contributed by atoms with van der Waals surface area (Å²) in [7, 11) is 0. The first kappa shape index (κ1) is 17.6. The molecule has 1 atom stereocenters. The van der Waals surface area contributed by atoms with Crippen LogP contribution in [0.4, 0.5) is 0 Å². The molecule has 1 aromatic carbocycles. The molecule has 1 heterocycles. The van der Waals surface area contributed by atoms with Gasteiger partial charge >= 0.3 is 0 Å². The predicted molar refractivity (Wildman–Crippen MR) is 91.6 cm³/mol. The first-order chi connectivity index (χ1) is 11.0. The van der Waals surface area contributed by atoms with E-state index in [0.717, 1.165) is 23.7 Å². The molecule has 0 aliphatic rings. The fourth-order valence-electron chi connectivity index (χ4n) is 2.58. The van der Waals surface area contributed by atoms with Crippen LogP contribution in [0.2, 0.25) is 0 Å². The Balaban J connectivity index is 2.10. The average Bonchev–Trinajstić information content (AvgIpc) is 2.94. The van der Waals surface area contributed by atoms with Gasteiger partial charge in [0, 0.05) is 11.1 Å². The van der Waals surface area contributed by atoms with Gasteiger partial charge in [0.15, 0.2) is 0 Å². The number of carbonyl (C=O) groups excluding carboxylic acids is 1. The molecule has 2 aromatic rings. The monoisotopic (exact) mass is 332 g/mol. The molecule has 0 radical (unpaired) electrons. The Hall–Kier alpha value is -1.72. The highest BCUT2D eigenvalue weighted by molar-refractivity contribution is 7.17. The molecule has 0 spiro atoms. The second-order valence-corrected chi connectivity index (χ2v) is 6.80. The molecule has 124 valence electrons. The van der Waals surface area contributed by atoms with Crippen molar-refractivity contribution in [1.82, 2.24) is 4.98 Å². The molecule has 0 bridgehead atoms. The fraction of sp³-hybridized carbons (Fsp3) is 0.444. The molecule has 4 nitrogen and oxygen atoms in total. The molecule has 0 amide bonds. The van der Waals surface area contributed by atoms with Crippen molar-refractivity contribution in [2.45, 2.75) is 40.2 Å². The second-order valence-electron chi connectivity index (χ2n) is 5.80. The van der Waals surface area contributed by atoms with Crippen molar-refractivity contribution in [3.05, 3.63) is 40.4 Å². The first-order valence-electron chi connectivity index (χ1n) is 8.16. The van der Waals surface area contributed by atoms with E-state index in [2.05, 4.69) is 31.0 Å². The molecule has 0 saturated heterocycles. The van der Waals surface area contributed by atoms with E-state index in [0.29, 0.717) is 5.69 Å². The molecule has 1 unspecified atom stereocenters. The number of carboxylic acids is 1. The number of hydrogen-bond acceptors (Lipinski definition) is 4. The quantitative estimate of drug-likeness (QED) is 0.800. The second kappa shape index (κ2) is 8.22. The SMILES string of the molecule is CCCC[NH+](CC)Cc1ccc(-c2nc(C)c(C(=O)[O-])s2)cc1. The van der Waals surface area contributed by atoms with Gasteiger partial charge in [0.1, 0.15) is 11.6 Å². The molecular formula is C18H24N2O2S. The number of aromatic carboxylic acids is 1. The zero-order valence-electron chi connectivity index (χ0n) is 14.0. The van der Waals surface area contributed by atoms with Crippen LogP contribution < -0.4 is 10.0 Å². The molecule has 1 N–H and O–H groups in total. The lowest BCUT2D eigenvalue weighted by atomic mass is 10.1. The average molecular weight is 332 g/mol. The van der Waals surface area contributed by atoms with Gasteiger partial charge in [-0.1, -0.05) is 37.6 Å². The minimum absolute atomic E-state index is 0.213. The van der Waals surface area contributed by atoms with Crippen molar-refractivity contribution >= 4 is 17.3 Å². The predicted octanol–water partition coefficient (Wildman–Crippen LogP) is 1.69. The van der Waals surface area contributed by atoms with Gasteiger partial charge in [-0.2, -0.15) is 0 Å². The molecule has 0 saturated carbocycles. The van der Waals surface area contributed by atoms with E-state index >= 15 is 0 Å². The summed E-state index contributed by atoms with van der Waals surface area (Å²) in [5.41, 5.74) is 2.78. The van der Waals surface area contributed by atoms with Crippen LogP contribution >= 0.6 is 11.3 Å². The van der Waals surface area contributed by atoms with Crippen molar-refractivity contribution in [1.29, 1.82) is 0 Å². The van der Waals surface area contributed by atoms with Gasteiger partial charge in [-0.05, 0) is 20.3 Å².